The number of nitrogen functional groups attached to an aromatic ring is 1. The Morgan fingerprint density at radius 3 is 2.22 bits per heavy atom. The number of pyridine rings is 1. The van der Waals surface area contributed by atoms with Gasteiger partial charge in [0, 0.05) is 0 Å². The van der Waals surface area contributed by atoms with Crippen molar-refractivity contribution in [2.45, 2.75) is 32.5 Å². The average Bonchev–Trinajstić information content (AvgIpc) is 2.12. The van der Waals surface area contributed by atoms with Crippen LogP contribution in [0.15, 0.2) is 12.1 Å². The summed E-state index contributed by atoms with van der Waals surface area (Å²) in [4.78, 5) is 14.8. The second-order valence-corrected chi connectivity index (χ2v) is 4.63. The minimum atomic E-state index is -4.60. The number of hydrogen-bond acceptors (Lipinski definition) is 4. The number of carbonyl (C=O) groups is 1. The molecule has 0 atom stereocenters. The summed E-state index contributed by atoms with van der Waals surface area (Å²) >= 11 is 0. The molecule has 2 N–H and O–H groups in total. The van der Waals surface area contributed by atoms with Gasteiger partial charge >= 0.3 is 12.1 Å². The zero-order chi connectivity index (χ0) is 14.1. The fourth-order valence-corrected chi connectivity index (χ4v) is 1.14. The van der Waals surface area contributed by atoms with E-state index in [2.05, 4.69) is 4.98 Å². The van der Waals surface area contributed by atoms with E-state index in [-0.39, 0.29) is 5.56 Å². The first-order chi connectivity index (χ1) is 8.00. The number of carbonyl (C=O) groups excluding carboxylic acids is 1. The van der Waals surface area contributed by atoms with Crippen LogP contribution in [0.1, 0.15) is 36.8 Å². The average molecular weight is 262 g/mol. The van der Waals surface area contributed by atoms with E-state index in [1.807, 2.05) is 0 Å². The molecule has 4 nitrogen and oxygen atoms in total. The molecule has 0 amide bonds. The van der Waals surface area contributed by atoms with E-state index in [9.17, 15) is 18.0 Å². The third-order valence-corrected chi connectivity index (χ3v) is 1.83. The van der Waals surface area contributed by atoms with Crippen molar-refractivity contribution in [2.24, 2.45) is 0 Å². The fourth-order valence-electron chi connectivity index (χ4n) is 1.14. The second-order valence-electron chi connectivity index (χ2n) is 4.63. The Labute approximate surface area is 102 Å². The molecule has 1 rings (SSSR count). The highest BCUT2D eigenvalue weighted by Gasteiger charge is 2.33. The van der Waals surface area contributed by atoms with Gasteiger partial charge in [0.15, 0.2) is 0 Å². The molecule has 1 aromatic rings. The highest BCUT2D eigenvalue weighted by atomic mass is 19.4. The van der Waals surface area contributed by atoms with Crippen LogP contribution in [0.25, 0.3) is 0 Å². The third kappa shape index (κ3) is 3.61. The van der Waals surface area contributed by atoms with Gasteiger partial charge in [-0.1, -0.05) is 0 Å². The first kappa shape index (κ1) is 14.3. The van der Waals surface area contributed by atoms with Gasteiger partial charge < -0.3 is 10.5 Å². The van der Waals surface area contributed by atoms with Gasteiger partial charge in [-0.15, -0.1) is 0 Å². The van der Waals surface area contributed by atoms with E-state index in [0.29, 0.717) is 6.07 Å². The Hall–Kier alpha value is -1.79. The van der Waals surface area contributed by atoms with E-state index in [0.717, 1.165) is 6.07 Å². The van der Waals surface area contributed by atoms with Crippen LogP contribution in [0, 0.1) is 0 Å². The van der Waals surface area contributed by atoms with Crippen LogP contribution in [-0.4, -0.2) is 16.6 Å². The van der Waals surface area contributed by atoms with E-state index in [1.54, 1.807) is 20.8 Å². The molecule has 1 aromatic heterocycles. The zero-order valence-corrected chi connectivity index (χ0v) is 10.1. The Morgan fingerprint density at radius 1 is 1.28 bits per heavy atom. The number of rotatable bonds is 1. The summed E-state index contributed by atoms with van der Waals surface area (Å²) in [5.41, 5.74) is 3.24. The van der Waals surface area contributed by atoms with E-state index in [1.165, 1.54) is 0 Å². The van der Waals surface area contributed by atoms with Crippen LogP contribution in [0.2, 0.25) is 0 Å². The number of hydrogen-bond donors (Lipinski definition) is 1. The molecule has 0 aromatic carbocycles. The number of aromatic nitrogens is 1. The van der Waals surface area contributed by atoms with Gasteiger partial charge in [0.25, 0.3) is 0 Å². The van der Waals surface area contributed by atoms with Crippen LogP contribution in [0.4, 0.5) is 19.0 Å². The summed E-state index contributed by atoms with van der Waals surface area (Å²) in [5.74, 6) is -1.31. The molecule has 0 unspecified atom stereocenters. The molecular weight excluding hydrogens is 249 g/mol. The lowest BCUT2D eigenvalue weighted by molar-refractivity contribution is -0.141. The van der Waals surface area contributed by atoms with Crippen molar-refractivity contribution in [3.63, 3.8) is 0 Å². The number of ether oxygens (including phenoxy) is 1. The molecular formula is C11H13F3N2O2. The Morgan fingerprint density at radius 2 is 1.83 bits per heavy atom. The van der Waals surface area contributed by atoms with E-state index >= 15 is 0 Å². The summed E-state index contributed by atoms with van der Waals surface area (Å²) in [5, 5.41) is 0. The second kappa shape index (κ2) is 4.47. The van der Waals surface area contributed by atoms with Crippen molar-refractivity contribution in [1.29, 1.82) is 0 Å². The molecule has 100 valence electrons. The summed E-state index contributed by atoms with van der Waals surface area (Å²) < 4.78 is 42.0. The minimum absolute atomic E-state index is 0.182. The van der Waals surface area contributed by atoms with Crippen molar-refractivity contribution >= 4 is 11.8 Å². The molecule has 0 fully saturated rings. The standard InChI is InChI=1S/C11H13F3N2O2/c1-10(2,3)18-9(17)6-4-5-7(11(12,13)14)16-8(6)15/h4-5H,1-3H3,(H2,15,16). The lowest BCUT2D eigenvalue weighted by atomic mass is 10.1. The zero-order valence-electron chi connectivity index (χ0n) is 10.1. The van der Waals surface area contributed by atoms with Crippen molar-refractivity contribution in [3.8, 4) is 0 Å². The molecule has 0 saturated heterocycles. The monoisotopic (exact) mass is 262 g/mol. The molecule has 0 aliphatic carbocycles. The predicted molar refractivity (Wildman–Crippen MR) is 58.8 cm³/mol. The Kier molecular flexibility index (Phi) is 3.54. The van der Waals surface area contributed by atoms with Crippen LogP contribution < -0.4 is 5.73 Å². The van der Waals surface area contributed by atoms with Gasteiger partial charge in [-0.3, -0.25) is 0 Å². The first-order valence-electron chi connectivity index (χ1n) is 5.08. The number of anilines is 1. The third-order valence-electron chi connectivity index (χ3n) is 1.83. The van der Waals surface area contributed by atoms with Gasteiger partial charge in [-0.2, -0.15) is 13.2 Å². The van der Waals surface area contributed by atoms with E-state index < -0.39 is 29.3 Å². The topological polar surface area (TPSA) is 65.2 Å². The number of nitrogens with zero attached hydrogens (tertiary/aromatic N) is 1. The van der Waals surface area contributed by atoms with Crippen LogP contribution in [0.5, 0.6) is 0 Å². The van der Waals surface area contributed by atoms with Crippen LogP contribution in [-0.2, 0) is 10.9 Å². The highest BCUT2D eigenvalue weighted by Crippen LogP contribution is 2.29. The van der Waals surface area contributed by atoms with Crippen molar-refractivity contribution in [3.05, 3.63) is 23.4 Å². The number of halogens is 3. The van der Waals surface area contributed by atoms with Gasteiger partial charge in [0.1, 0.15) is 22.7 Å². The highest BCUT2D eigenvalue weighted by molar-refractivity contribution is 5.94. The molecule has 0 spiro atoms. The van der Waals surface area contributed by atoms with Crippen LogP contribution in [0.3, 0.4) is 0 Å². The summed E-state index contributed by atoms with van der Waals surface area (Å²) in [7, 11) is 0. The van der Waals surface area contributed by atoms with Crippen molar-refractivity contribution < 1.29 is 22.7 Å². The normalized spacial score (nSPS) is 12.3. The smallest absolute Gasteiger partial charge is 0.433 e. The van der Waals surface area contributed by atoms with Gasteiger partial charge in [0.2, 0.25) is 0 Å². The van der Waals surface area contributed by atoms with Gasteiger partial charge in [0.05, 0.1) is 0 Å². The van der Waals surface area contributed by atoms with E-state index in [4.69, 9.17) is 10.5 Å². The fraction of sp³-hybridized carbons (Fsp3) is 0.455. The molecule has 0 aliphatic rings. The molecule has 0 aliphatic heterocycles. The number of alkyl halides is 3. The number of nitrogens with two attached hydrogens (primary N) is 1. The largest absolute Gasteiger partial charge is 0.456 e. The molecule has 18 heavy (non-hydrogen) atoms. The minimum Gasteiger partial charge on any atom is -0.456 e. The molecule has 0 radical (unpaired) electrons. The summed E-state index contributed by atoms with van der Waals surface area (Å²) in [6.45, 7) is 4.91. The first-order valence-corrected chi connectivity index (χ1v) is 5.08. The molecule has 7 heteroatoms. The lowest BCUT2D eigenvalue weighted by Gasteiger charge is -2.20. The van der Waals surface area contributed by atoms with Crippen molar-refractivity contribution in [2.75, 3.05) is 5.73 Å². The maximum atomic E-state index is 12.3. The molecule has 1 heterocycles. The van der Waals surface area contributed by atoms with Crippen molar-refractivity contribution in [1.82, 2.24) is 4.98 Å². The lowest BCUT2D eigenvalue weighted by Crippen LogP contribution is -2.25. The summed E-state index contributed by atoms with van der Waals surface area (Å²) in [6.07, 6.45) is -4.60. The van der Waals surface area contributed by atoms with Crippen LogP contribution >= 0.6 is 0 Å². The maximum Gasteiger partial charge on any atom is 0.433 e. The summed E-state index contributed by atoms with van der Waals surface area (Å²) in [6, 6.07) is 1.65. The number of esters is 1. The van der Waals surface area contributed by atoms with Gasteiger partial charge in [-0.05, 0) is 32.9 Å². The predicted octanol–water partition coefficient (Wildman–Crippen LogP) is 2.64. The van der Waals surface area contributed by atoms with Gasteiger partial charge in [-0.25, -0.2) is 9.78 Å². The molecule has 0 bridgehead atoms. The quantitative estimate of drug-likeness (QED) is 0.790. The Balaban J connectivity index is 3.03. The Bertz CT molecular complexity index is 464. The molecule has 0 saturated carbocycles. The maximum absolute atomic E-state index is 12.3. The SMILES string of the molecule is CC(C)(C)OC(=O)c1ccc(C(F)(F)F)nc1N.